The lowest BCUT2D eigenvalue weighted by Gasteiger charge is -2.13. The molecule has 1 aromatic carbocycles. The van der Waals surface area contributed by atoms with Gasteiger partial charge in [0, 0.05) is 18.5 Å². The number of nitrogens with zero attached hydrogens (tertiary/aromatic N) is 2. The maximum Gasteiger partial charge on any atom is 0.231 e. The van der Waals surface area contributed by atoms with Gasteiger partial charge in [0.25, 0.3) is 0 Å². The van der Waals surface area contributed by atoms with Crippen molar-refractivity contribution < 1.29 is 9.47 Å². The van der Waals surface area contributed by atoms with E-state index in [0.717, 1.165) is 22.5 Å². The van der Waals surface area contributed by atoms with Gasteiger partial charge in [0.2, 0.25) is 6.79 Å². The third-order valence-electron chi connectivity index (χ3n) is 3.33. The Kier molecular flexibility index (Phi) is 3.52. The molecule has 1 aliphatic heterocycles. The van der Waals surface area contributed by atoms with Gasteiger partial charge in [-0.05, 0) is 31.0 Å². The third-order valence-corrected chi connectivity index (χ3v) is 3.92. The Hall–Kier alpha value is -1.39. The van der Waals surface area contributed by atoms with Gasteiger partial charge >= 0.3 is 0 Å². The summed E-state index contributed by atoms with van der Waals surface area (Å²) in [6.45, 7) is 2.16. The molecule has 3 rings (SSSR count). The fraction of sp³-hybridized carbons (Fsp3) is 0.357. The summed E-state index contributed by atoms with van der Waals surface area (Å²) >= 11 is 12.4. The monoisotopic (exact) mass is 312 g/mol. The van der Waals surface area contributed by atoms with E-state index in [1.807, 2.05) is 30.8 Å². The number of hydrogen-bond acceptors (Lipinski definition) is 3. The standard InChI is InChI=1S/C14H14Cl2N2O2/c1-8-5-11(18(2)17-8)10-6-12-14(20-7-19-12)13(16)9(10)3-4-15/h5-6H,3-4,7H2,1-2H3. The summed E-state index contributed by atoms with van der Waals surface area (Å²) in [6, 6.07) is 3.97. The lowest BCUT2D eigenvalue weighted by molar-refractivity contribution is 0.174. The molecule has 0 N–H and O–H groups in total. The molecule has 0 fully saturated rings. The molecule has 0 saturated heterocycles. The van der Waals surface area contributed by atoms with Gasteiger partial charge in [0.05, 0.1) is 16.4 Å². The highest BCUT2D eigenvalue weighted by molar-refractivity contribution is 6.33. The molecule has 1 aromatic heterocycles. The van der Waals surface area contributed by atoms with Crippen LogP contribution in [0.15, 0.2) is 12.1 Å². The van der Waals surface area contributed by atoms with E-state index in [1.54, 1.807) is 0 Å². The zero-order valence-electron chi connectivity index (χ0n) is 11.2. The summed E-state index contributed by atoms with van der Waals surface area (Å²) in [5.74, 6) is 1.76. The minimum Gasteiger partial charge on any atom is -0.454 e. The van der Waals surface area contributed by atoms with E-state index in [9.17, 15) is 0 Å². The summed E-state index contributed by atoms with van der Waals surface area (Å²) in [4.78, 5) is 0. The molecular formula is C14H14Cl2N2O2. The first-order valence-electron chi connectivity index (χ1n) is 6.29. The van der Waals surface area contributed by atoms with Crippen molar-refractivity contribution in [1.82, 2.24) is 9.78 Å². The fourth-order valence-electron chi connectivity index (χ4n) is 2.47. The molecule has 0 atom stereocenters. The summed E-state index contributed by atoms with van der Waals surface area (Å²) in [7, 11) is 1.91. The van der Waals surface area contributed by atoms with Crippen molar-refractivity contribution in [2.24, 2.45) is 7.05 Å². The van der Waals surface area contributed by atoms with Gasteiger partial charge in [-0.2, -0.15) is 5.10 Å². The number of aryl methyl sites for hydroxylation is 2. The average molecular weight is 313 g/mol. The maximum absolute atomic E-state index is 6.45. The van der Waals surface area contributed by atoms with Crippen LogP contribution in [-0.2, 0) is 13.5 Å². The second-order valence-electron chi connectivity index (χ2n) is 4.68. The van der Waals surface area contributed by atoms with Crippen LogP contribution in [0.3, 0.4) is 0 Å². The number of hydrogen-bond donors (Lipinski definition) is 0. The minimum absolute atomic E-state index is 0.198. The third kappa shape index (κ3) is 2.13. The van der Waals surface area contributed by atoms with Crippen LogP contribution in [0.4, 0.5) is 0 Å². The molecule has 0 aliphatic carbocycles. The molecule has 0 radical (unpaired) electrons. The van der Waals surface area contributed by atoms with Crippen LogP contribution in [0.1, 0.15) is 11.3 Å². The molecule has 0 bridgehead atoms. The summed E-state index contributed by atoms with van der Waals surface area (Å²) in [5.41, 5.74) is 3.90. The SMILES string of the molecule is Cc1cc(-c2cc3c(c(Cl)c2CCCl)OCO3)n(C)n1. The van der Waals surface area contributed by atoms with Crippen LogP contribution in [0.25, 0.3) is 11.3 Å². The number of halogens is 2. The Balaban J connectivity index is 2.23. The van der Waals surface area contributed by atoms with E-state index in [1.165, 1.54) is 0 Å². The zero-order valence-corrected chi connectivity index (χ0v) is 12.8. The van der Waals surface area contributed by atoms with Crippen LogP contribution < -0.4 is 9.47 Å². The lowest BCUT2D eigenvalue weighted by Crippen LogP contribution is -1.99. The highest BCUT2D eigenvalue weighted by Gasteiger charge is 2.24. The maximum atomic E-state index is 6.45. The molecule has 1 aliphatic rings. The first-order chi connectivity index (χ1) is 9.61. The molecule has 4 nitrogen and oxygen atoms in total. The summed E-state index contributed by atoms with van der Waals surface area (Å²) in [6.07, 6.45) is 0.663. The Bertz CT molecular complexity index is 668. The highest BCUT2D eigenvalue weighted by atomic mass is 35.5. The summed E-state index contributed by atoms with van der Waals surface area (Å²) < 4.78 is 12.7. The number of ether oxygens (including phenoxy) is 2. The molecule has 2 heterocycles. The largest absolute Gasteiger partial charge is 0.454 e. The van der Waals surface area contributed by atoms with Gasteiger partial charge in [-0.3, -0.25) is 4.68 Å². The van der Waals surface area contributed by atoms with Gasteiger partial charge in [0.1, 0.15) is 0 Å². The first-order valence-corrected chi connectivity index (χ1v) is 7.21. The zero-order chi connectivity index (χ0) is 14.3. The quantitative estimate of drug-likeness (QED) is 0.813. The Morgan fingerprint density at radius 3 is 2.80 bits per heavy atom. The van der Waals surface area contributed by atoms with E-state index in [0.29, 0.717) is 28.8 Å². The summed E-state index contributed by atoms with van der Waals surface area (Å²) in [5, 5.41) is 4.96. The van der Waals surface area contributed by atoms with Crippen molar-refractivity contribution in [3.8, 4) is 22.8 Å². The average Bonchev–Trinajstić information content (AvgIpc) is 2.99. The highest BCUT2D eigenvalue weighted by Crippen LogP contribution is 2.45. The number of aromatic nitrogens is 2. The molecule has 0 amide bonds. The van der Waals surface area contributed by atoms with Crippen molar-refractivity contribution in [2.75, 3.05) is 12.7 Å². The predicted octanol–water partition coefficient (Wildman–Crippen LogP) is 3.56. The van der Waals surface area contributed by atoms with Gasteiger partial charge in [0.15, 0.2) is 11.5 Å². The van der Waals surface area contributed by atoms with E-state index in [4.69, 9.17) is 32.7 Å². The second-order valence-corrected chi connectivity index (χ2v) is 5.44. The Morgan fingerprint density at radius 1 is 1.35 bits per heavy atom. The van der Waals surface area contributed by atoms with Crippen LogP contribution in [0.5, 0.6) is 11.5 Å². The molecule has 6 heteroatoms. The van der Waals surface area contributed by atoms with Crippen molar-refractivity contribution >= 4 is 23.2 Å². The molecular weight excluding hydrogens is 299 g/mol. The van der Waals surface area contributed by atoms with Crippen molar-refractivity contribution in [1.29, 1.82) is 0 Å². The second kappa shape index (κ2) is 5.19. The molecule has 0 spiro atoms. The van der Waals surface area contributed by atoms with E-state index < -0.39 is 0 Å². The number of benzene rings is 1. The Labute approximate surface area is 127 Å². The molecule has 2 aromatic rings. The normalized spacial score (nSPS) is 13.0. The van der Waals surface area contributed by atoms with Crippen LogP contribution >= 0.6 is 23.2 Å². The molecule has 0 unspecified atom stereocenters. The van der Waals surface area contributed by atoms with Gasteiger partial charge < -0.3 is 9.47 Å². The molecule has 20 heavy (non-hydrogen) atoms. The Morgan fingerprint density at radius 2 is 2.15 bits per heavy atom. The van der Waals surface area contributed by atoms with Crippen LogP contribution in [-0.4, -0.2) is 22.5 Å². The van der Waals surface area contributed by atoms with Gasteiger partial charge in [-0.1, -0.05) is 11.6 Å². The molecule has 0 saturated carbocycles. The first kappa shape index (κ1) is 13.6. The van der Waals surface area contributed by atoms with E-state index >= 15 is 0 Å². The van der Waals surface area contributed by atoms with Gasteiger partial charge in [-0.15, -0.1) is 11.6 Å². The predicted molar refractivity (Wildman–Crippen MR) is 78.9 cm³/mol. The van der Waals surface area contributed by atoms with E-state index in [2.05, 4.69) is 5.10 Å². The van der Waals surface area contributed by atoms with Crippen LogP contribution in [0.2, 0.25) is 5.02 Å². The van der Waals surface area contributed by atoms with Crippen molar-refractivity contribution in [3.05, 3.63) is 28.4 Å². The van der Waals surface area contributed by atoms with E-state index in [-0.39, 0.29) is 6.79 Å². The number of alkyl halides is 1. The lowest BCUT2D eigenvalue weighted by atomic mass is 10.0. The number of fused-ring (bicyclic) bond motifs is 1. The van der Waals surface area contributed by atoms with Gasteiger partial charge in [-0.25, -0.2) is 0 Å². The minimum atomic E-state index is 0.198. The van der Waals surface area contributed by atoms with Crippen molar-refractivity contribution in [3.63, 3.8) is 0 Å². The fourth-order valence-corrected chi connectivity index (χ4v) is 3.00. The topological polar surface area (TPSA) is 36.3 Å². The van der Waals surface area contributed by atoms with Crippen molar-refractivity contribution in [2.45, 2.75) is 13.3 Å². The smallest absolute Gasteiger partial charge is 0.231 e. The number of rotatable bonds is 3. The van der Waals surface area contributed by atoms with Crippen LogP contribution in [0, 0.1) is 6.92 Å². The molecule has 106 valence electrons.